The predicted molar refractivity (Wildman–Crippen MR) is 121 cm³/mol. The van der Waals surface area contributed by atoms with Crippen molar-refractivity contribution in [3.63, 3.8) is 0 Å². The average molecular weight is 411 g/mol. The molecule has 0 saturated heterocycles. The summed E-state index contributed by atoms with van der Waals surface area (Å²) in [6, 6.07) is 11.0. The van der Waals surface area contributed by atoms with Crippen molar-refractivity contribution in [3.8, 4) is 0 Å². The van der Waals surface area contributed by atoms with Crippen molar-refractivity contribution in [2.45, 2.75) is 52.1 Å². The molecular weight excluding hydrogens is 376 g/mol. The minimum Gasteiger partial charge on any atom is -0.356 e. The van der Waals surface area contributed by atoms with E-state index in [1.165, 1.54) is 16.8 Å². The number of hydrogen-bond donors (Lipinski definition) is 2. The van der Waals surface area contributed by atoms with Gasteiger partial charge in [-0.1, -0.05) is 24.3 Å². The lowest BCUT2D eigenvalue weighted by Gasteiger charge is -2.27. The molecule has 1 amide bonds. The summed E-state index contributed by atoms with van der Waals surface area (Å²) in [5, 5.41) is 11.5. The first-order valence-electron chi connectivity index (χ1n) is 10.7. The Morgan fingerprint density at radius 1 is 1.27 bits per heavy atom. The summed E-state index contributed by atoms with van der Waals surface area (Å²) in [4.78, 5) is 18.1. The smallest absolute Gasteiger partial charge is 0.243 e. The van der Waals surface area contributed by atoms with Crippen LogP contribution >= 0.6 is 0 Å². The number of carbonyl (C=O) groups excluding carboxylic acids is 1. The van der Waals surface area contributed by atoms with Gasteiger partial charge in [-0.25, -0.2) is 4.99 Å². The third-order valence-electron chi connectivity index (χ3n) is 5.50. The molecule has 162 valence electrons. The Bertz CT molecular complexity index is 886. The van der Waals surface area contributed by atoms with Crippen molar-refractivity contribution < 1.29 is 4.79 Å². The van der Waals surface area contributed by atoms with E-state index in [9.17, 15) is 4.79 Å². The molecule has 0 aliphatic heterocycles. The van der Waals surface area contributed by atoms with Crippen molar-refractivity contribution in [1.82, 2.24) is 25.3 Å². The number of rotatable bonds is 7. The van der Waals surface area contributed by atoms with E-state index in [0.29, 0.717) is 12.0 Å². The van der Waals surface area contributed by atoms with Gasteiger partial charge in [0.15, 0.2) is 5.96 Å². The number of likely N-dealkylation sites (N-methyl/N-ethyl adjacent to an activating group) is 1. The van der Waals surface area contributed by atoms with Crippen molar-refractivity contribution in [1.29, 1.82) is 0 Å². The number of hydrogen-bond acceptors (Lipinski definition) is 3. The molecule has 1 aliphatic rings. The lowest BCUT2D eigenvalue weighted by atomic mass is 9.88. The monoisotopic (exact) mass is 410 g/mol. The van der Waals surface area contributed by atoms with E-state index in [2.05, 4.69) is 58.0 Å². The number of benzene rings is 1. The second-order valence-electron chi connectivity index (χ2n) is 8.24. The topological polar surface area (TPSA) is 74.6 Å². The average Bonchev–Trinajstić information content (AvgIpc) is 3.05. The molecule has 1 aliphatic carbocycles. The zero-order valence-electron chi connectivity index (χ0n) is 18.6. The van der Waals surface area contributed by atoms with Gasteiger partial charge >= 0.3 is 0 Å². The fourth-order valence-corrected chi connectivity index (χ4v) is 3.79. The van der Waals surface area contributed by atoms with E-state index in [1.807, 2.05) is 11.6 Å². The molecule has 1 unspecified atom stereocenters. The SMILES string of the molecule is Cc1cc(C)n(CCCNC(=NCC(=O)N(C)C)NC2CCc3ccccc3C2)n1. The number of aryl methyl sites for hydroxylation is 4. The van der Waals surface area contributed by atoms with E-state index in [4.69, 9.17) is 0 Å². The summed E-state index contributed by atoms with van der Waals surface area (Å²) >= 11 is 0. The summed E-state index contributed by atoms with van der Waals surface area (Å²) in [6.07, 6.45) is 4.03. The van der Waals surface area contributed by atoms with Crippen LogP contribution in [0.15, 0.2) is 35.3 Å². The zero-order valence-corrected chi connectivity index (χ0v) is 18.6. The van der Waals surface area contributed by atoms with Crippen LogP contribution in [-0.2, 0) is 24.2 Å². The lowest BCUT2D eigenvalue weighted by molar-refractivity contribution is -0.127. The van der Waals surface area contributed by atoms with E-state index in [-0.39, 0.29) is 12.5 Å². The Kier molecular flexibility index (Phi) is 7.49. The van der Waals surface area contributed by atoms with E-state index >= 15 is 0 Å². The molecule has 30 heavy (non-hydrogen) atoms. The molecule has 1 aromatic heterocycles. The zero-order chi connectivity index (χ0) is 21.5. The molecule has 7 nitrogen and oxygen atoms in total. The van der Waals surface area contributed by atoms with Gasteiger partial charge in [0.1, 0.15) is 6.54 Å². The minimum atomic E-state index is -0.00673. The van der Waals surface area contributed by atoms with E-state index in [0.717, 1.165) is 44.5 Å². The highest BCUT2D eigenvalue weighted by Crippen LogP contribution is 2.20. The van der Waals surface area contributed by atoms with Gasteiger partial charge in [-0.3, -0.25) is 9.48 Å². The highest BCUT2D eigenvalue weighted by molar-refractivity contribution is 5.85. The Hall–Kier alpha value is -2.83. The van der Waals surface area contributed by atoms with Crippen molar-refractivity contribution in [2.24, 2.45) is 4.99 Å². The summed E-state index contributed by atoms with van der Waals surface area (Å²) < 4.78 is 2.04. The van der Waals surface area contributed by atoms with Gasteiger partial charge in [-0.05, 0) is 56.7 Å². The molecule has 0 radical (unpaired) electrons. The molecule has 0 saturated carbocycles. The van der Waals surface area contributed by atoms with Crippen LogP contribution in [0, 0.1) is 13.8 Å². The number of nitrogens with zero attached hydrogens (tertiary/aromatic N) is 4. The second-order valence-corrected chi connectivity index (χ2v) is 8.24. The first-order valence-corrected chi connectivity index (χ1v) is 10.7. The Morgan fingerprint density at radius 3 is 2.73 bits per heavy atom. The Labute approximate surface area is 179 Å². The van der Waals surface area contributed by atoms with Crippen LogP contribution in [0.4, 0.5) is 0 Å². The summed E-state index contributed by atoms with van der Waals surface area (Å²) in [5.74, 6) is 0.704. The summed E-state index contributed by atoms with van der Waals surface area (Å²) in [6.45, 7) is 5.86. The van der Waals surface area contributed by atoms with Gasteiger partial charge in [-0.15, -0.1) is 0 Å². The van der Waals surface area contributed by atoms with Gasteiger partial charge in [0.25, 0.3) is 0 Å². The second kappa shape index (κ2) is 10.3. The van der Waals surface area contributed by atoms with Crippen LogP contribution in [0.5, 0.6) is 0 Å². The maximum Gasteiger partial charge on any atom is 0.243 e. The van der Waals surface area contributed by atoms with Crippen LogP contribution < -0.4 is 10.6 Å². The van der Waals surface area contributed by atoms with Crippen LogP contribution in [0.25, 0.3) is 0 Å². The fourth-order valence-electron chi connectivity index (χ4n) is 3.79. The standard InChI is InChI=1S/C23H34N6O/c1-17-14-18(2)29(27-17)13-7-12-24-23(25-16-22(30)28(3)4)26-21-11-10-19-8-5-6-9-20(19)15-21/h5-6,8-9,14,21H,7,10-13,15-16H2,1-4H3,(H2,24,25,26). The molecule has 2 N–H and O–H groups in total. The largest absolute Gasteiger partial charge is 0.356 e. The van der Waals surface area contributed by atoms with E-state index in [1.54, 1.807) is 19.0 Å². The third kappa shape index (κ3) is 6.08. The van der Waals surface area contributed by atoms with Crippen LogP contribution in [0.2, 0.25) is 0 Å². The number of nitrogens with one attached hydrogen (secondary N) is 2. The molecule has 7 heteroatoms. The molecule has 0 fully saturated rings. The first kappa shape index (κ1) is 21.9. The Balaban J connectivity index is 1.57. The van der Waals surface area contributed by atoms with Gasteiger partial charge in [0, 0.05) is 38.9 Å². The molecule has 3 rings (SSSR count). The van der Waals surface area contributed by atoms with E-state index < -0.39 is 0 Å². The van der Waals surface area contributed by atoms with Crippen LogP contribution in [0.3, 0.4) is 0 Å². The maximum atomic E-state index is 12.0. The quantitative estimate of drug-likeness (QED) is 0.416. The predicted octanol–water partition coefficient (Wildman–Crippen LogP) is 2.07. The molecule has 1 aromatic carbocycles. The molecule has 0 spiro atoms. The van der Waals surface area contributed by atoms with Crippen LogP contribution in [-0.4, -0.2) is 59.8 Å². The Morgan fingerprint density at radius 2 is 2.03 bits per heavy atom. The van der Waals surface area contributed by atoms with Crippen molar-refractivity contribution in [2.75, 3.05) is 27.2 Å². The maximum absolute atomic E-state index is 12.0. The molecule has 1 heterocycles. The van der Waals surface area contributed by atoms with Crippen molar-refractivity contribution in [3.05, 3.63) is 52.8 Å². The lowest BCUT2D eigenvalue weighted by Crippen LogP contribution is -2.46. The fraction of sp³-hybridized carbons (Fsp3) is 0.522. The minimum absolute atomic E-state index is 0.00673. The number of aliphatic imine (C=N–C) groups is 1. The molecule has 2 aromatic rings. The highest BCUT2D eigenvalue weighted by Gasteiger charge is 2.19. The summed E-state index contributed by atoms with van der Waals surface area (Å²) in [7, 11) is 3.51. The molecule has 1 atom stereocenters. The number of carbonyl (C=O) groups is 1. The van der Waals surface area contributed by atoms with Gasteiger partial charge < -0.3 is 15.5 Å². The van der Waals surface area contributed by atoms with Crippen LogP contribution in [0.1, 0.15) is 35.4 Å². The van der Waals surface area contributed by atoms with Gasteiger partial charge in [0.05, 0.1) is 5.69 Å². The first-order chi connectivity index (χ1) is 14.4. The summed E-state index contributed by atoms with van der Waals surface area (Å²) in [5.41, 5.74) is 5.06. The van der Waals surface area contributed by atoms with Gasteiger partial charge in [-0.2, -0.15) is 5.10 Å². The van der Waals surface area contributed by atoms with Gasteiger partial charge in [0.2, 0.25) is 5.91 Å². The van der Waals surface area contributed by atoms with Crippen molar-refractivity contribution >= 4 is 11.9 Å². The number of fused-ring (bicyclic) bond motifs is 1. The third-order valence-corrected chi connectivity index (χ3v) is 5.50. The molecular formula is C23H34N6O. The number of amides is 1. The number of guanidine groups is 1. The highest BCUT2D eigenvalue weighted by atomic mass is 16.2. The molecule has 0 bridgehead atoms. The number of aromatic nitrogens is 2. The normalized spacial score (nSPS) is 16.1.